The zero-order valence-electron chi connectivity index (χ0n) is 11.9. The molecule has 0 aliphatic carbocycles. The second kappa shape index (κ2) is 15.1. The molecule has 0 spiro atoms. The molecule has 0 bridgehead atoms. The van der Waals surface area contributed by atoms with E-state index in [1.807, 2.05) is 31.4 Å². The number of benzene rings is 1. The fourth-order valence-corrected chi connectivity index (χ4v) is 1.10. The standard InChI is InChI=1S/C10H13.C4H11N2.ClH.Ru/c1-8(2)10-6-4-9(3)5-7-10;1-5-3-4-6-2;;/h4,6-8H,1-3H3;5H,3-4H2,1-2H3;1H;/q2*-1;;+3/p-1. The maximum atomic E-state index is 4.57. The summed E-state index contributed by atoms with van der Waals surface area (Å²) in [6.45, 7) is 8.37. The molecule has 18 heavy (non-hydrogen) atoms. The first kappa shape index (κ1) is 20.4. The van der Waals surface area contributed by atoms with E-state index in [0.717, 1.165) is 13.1 Å². The van der Waals surface area contributed by atoms with E-state index >= 15 is 0 Å². The average Bonchev–Trinajstić information content (AvgIpc) is 2.40. The quantitative estimate of drug-likeness (QED) is 0.495. The van der Waals surface area contributed by atoms with Crippen molar-refractivity contribution in [1.29, 1.82) is 0 Å². The second-order valence-electron chi connectivity index (χ2n) is 4.10. The molecule has 0 saturated carbocycles. The van der Waals surface area contributed by atoms with Crippen molar-refractivity contribution in [2.24, 2.45) is 0 Å². The predicted octanol–water partition coefficient (Wildman–Crippen LogP) is 3.81. The summed E-state index contributed by atoms with van der Waals surface area (Å²) in [7, 11) is 8.31. The van der Waals surface area contributed by atoms with Gasteiger partial charge in [-0.3, -0.25) is 0 Å². The van der Waals surface area contributed by atoms with Crippen LogP contribution in [0.2, 0.25) is 0 Å². The Morgan fingerprint density at radius 2 is 2.00 bits per heavy atom. The summed E-state index contributed by atoms with van der Waals surface area (Å²) in [4.78, 5) is 0. The van der Waals surface area contributed by atoms with Crippen molar-refractivity contribution in [1.82, 2.24) is 5.32 Å². The SMILES string of the molecule is C[N-]CCNC.Cc1[c-]cc(C(C)C)cc1.[Cl][Ru+2]. The van der Waals surface area contributed by atoms with Crippen molar-refractivity contribution in [3.63, 3.8) is 0 Å². The number of aryl methyl sites for hydroxylation is 1. The number of nitrogens with one attached hydrogen (secondary N) is 1. The predicted molar refractivity (Wildman–Crippen MR) is 78.0 cm³/mol. The zero-order valence-corrected chi connectivity index (χ0v) is 14.4. The van der Waals surface area contributed by atoms with Gasteiger partial charge in [0.1, 0.15) is 0 Å². The molecule has 0 aliphatic heterocycles. The van der Waals surface area contributed by atoms with E-state index in [1.165, 1.54) is 11.1 Å². The molecule has 0 aliphatic rings. The number of hydrogen-bond donors (Lipinski definition) is 1. The van der Waals surface area contributed by atoms with Gasteiger partial charge in [0.05, 0.1) is 0 Å². The van der Waals surface area contributed by atoms with E-state index in [1.54, 1.807) is 0 Å². The van der Waals surface area contributed by atoms with Gasteiger partial charge in [0, 0.05) is 0 Å². The summed E-state index contributed by atoms with van der Waals surface area (Å²) in [5.41, 5.74) is 2.58. The third kappa shape index (κ3) is 12.5. The molecule has 0 unspecified atom stereocenters. The van der Waals surface area contributed by atoms with Crippen LogP contribution in [0.4, 0.5) is 0 Å². The van der Waals surface area contributed by atoms with E-state index in [2.05, 4.69) is 65.4 Å². The zero-order chi connectivity index (χ0) is 14.4. The van der Waals surface area contributed by atoms with E-state index in [4.69, 9.17) is 0 Å². The van der Waals surface area contributed by atoms with Gasteiger partial charge in [-0.05, 0) is 13.6 Å². The first-order valence-corrected chi connectivity index (χ1v) is 8.17. The Hall–Kier alpha value is 0.0534. The van der Waals surface area contributed by atoms with E-state index < -0.39 is 0 Å². The summed E-state index contributed by atoms with van der Waals surface area (Å²) in [6, 6.07) is 9.52. The molecule has 1 N–H and O–H groups in total. The fourth-order valence-electron chi connectivity index (χ4n) is 1.10. The molecule has 0 amide bonds. The Morgan fingerprint density at radius 1 is 1.39 bits per heavy atom. The van der Waals surface area contributed by atoms with Crippen molar-refractivity contribution >= 4 is 9.69 Å². The van der Waals surface area contributed by atoms with Crippen LogP contribution in [0.5, 0.6) is 0 Å². The first-order chi connectivity index (χ1) is 8.61. The van der Waals surface area contributed by atoms with Gasteiger partial charge in [-0.1, -0.05) is 26.7 Å². The van der Waals surface area contributed by atoms with Crippen LogP contribution < -0.4 is 5.32 Å². The first-order valence-electron chi connectivity index (χ1n) is 5.93. The third-order valence-corrected chi connectivity index (χ3v) is 2.24. The van der Waals surface area contributed by atoms with Crippen LogP contribution in [-0.2, 0) is 17.3 Å². The fraction of sp³-hybridized carbons (Fsp3) is 0.571. The van der Waals surface area contributed by atoms with Crippen molar-refractivity contribution < 1.29 is 17.3 Å². The van der Waals surface area contributed by atoms with Gasteiger partial charge in [0.25, 0.3) is 0 Å². The van der Waals surface area contributed by atoms with Crippen LogP contribution in [0.25, 0.3) is 5.32 Å². The topological polar surface area (TPSA) is 26.1 Å². The molecule has 1 rings (SSSR count). The minimum atomic E-state index is 0.622. The Labute approximate surface area is 127 Å². The average molecular weight is 357 g/mol. The maximum absolute atomic E-state index is 4.57. The van der Waals surface area contributed by atoms with Crippen LogP contribution >= 0.6 is 9.69 Å². The number of likely N-dealkylation sites (N-methyl/N-ethyl adjacent to an activating group) is 2. The van der Waals surface area contributed by atoms with Crippen molar-refractivity contribution in [3.05, 3.63) is 40.7 Å². The van der Waals surface area contributed by atoms with Gasteiger partial charge >= 0.3 is 27.0 Å². The Balaban J connectivity index is 0. The van der Waals surface area contributed by atoms with Crippen molar-refractivity contribution in [2.45, 2.75) is 26.7 Å². The summed E-state index contributed by atoms with van der Waals surface area (Å²) in [5, 5.41) is 6.84. The molecular weight excluding hydrogens is 333 g/mol. The van der Waals surface area contributed by atoms with Gasteiger partial charge in [-0.15, -0.1) is 6.54 Å². The molecule has 0 radical (unpaired) electrons. The van der Waals surface area contributed by atoms with E-state index in [9.17, 15) is 0 Å². The summed E-state index contributed by atoms with van der Waals surface area (Å²) < 4.78 is 0. The summed E-state index contributed by atoms with van der Waals surface area (Å²) in [5.74, 6) is 0.622. The monoisotopic (exact) mass is 357 g/mol. The summed E-state index contributed by atoms with van der Waals surface area (Å²) >= 11 is 1.82. The van der Waals surface area contributed by atoms with Crippen LogP contribution in [0.15, 0.2) is 18.2 Å². The third-order valence-electron chi connectivity index (χ3n) is 2.24. The minimum absolute atomic E-state index is 0.622. The molecule has 105 valence electrons. The number of nitrogens with zero attached hydrogens (tertiary/aromatic N) is 1. The molecule has 4 heteroatoms. The second-order valence-corrected chi connectivity index (χ2v) is 4.10. The van der Waals surface area contributed by atoms with Gasteiger partial charge in [-0.25, -0.2) is 0 Å². The van der Waals surface area contributed by atoms with Crippen molar-refractivity contribution in [3.8, 4) is 0 Å². The van der Waals surface area contributed by atoms with E-state index in [-0.39, 0.29) is 0 Å². The molecule has 2 nitrogen and oxygen atoms in total. The van der Waals surface area contributed by atoms with Gasteiger partial charge < -0.3 is 10.6 Å². The van der Waals surface area contributed by atoms with Crippen LogP contribution in [0.3, 0.4) is 0 Å². The molecule has 1 aromatic rings. The Bertz CT molecular complexity index is 259. The molecule has 0 fully saturated rings. The Morgan fingerprint density at radius 3 is 2.28 bits per heavy atom. The summed E-state index contributed by atoms with van der Waals surface area (Å²) in [6.07, 6.45) is 0. The molecular formula is C14H24ClN2Ru. The molecule has 1 aromatic carbocycles. The Kier molecular flexibility index (Phi) is 17.1. The molecule has 0 saturated heterocycles. The normalized spacial score (nSPS) is 9.06. The van der Waals surface area contributed by atoms with Gasteiger partial charge in [0.15, 0.2) is 0 Å². The van der Waals surface area contributed by atoms with Gasteiger partial charge in [0.2, 0.25) is 0 Å². The van der Waals surface area contributed by atoms with E-state index in [0.29, 0.717) is 5.92 Å². The van der Waals surface area contributed by atoms with Crippen LogP contribution in [0.1, 0.15) is 30.9 Å². The van der Waals surface area contributed by atoms with Crippen molar-refractivity contribution in [2.75, 3.05) is 27.2 Å². The number of halogens is 1. The molecule has 0 atom stereocenters. The molecule has 0 heterocycles. The molecule has 0 aromatic heterocycles. The number of hydrogen-bond acceptors (Lipinski definition) is 1. The van der Waals surface area contributed by atoms with Crippen LogP contribution in [-0.4, -0.2) is 27.2 Å². The van der Waals surface area contributed by atoms with Crippen LogP contribution in [0, 0.1) is 13.0 Å². The van der Waals surface area contributed by atoms with Gasteiger partial charge in [-0.2, -0.15) is 42.4 Å². The number of rotatable bonds is 4.